The Morgan fingerprint density at radius 1 is 1.90 bits per heavy atom. The van der Waals surface area contributed by atoms with E-state index in [4.69, 9.17) is 16.7 Å². The van der Waals surface area contributed by atoms with Crippen LogP contribution in [-0.2, 0) is 9.63 Å². The van der Waals surface area contributed by atoms with Crippen LogP contribution < -0.4 is 5.90 Å². The van der Waals surface area contributed by atoms with Crippen molar-refractivity contribution < 1.29 is 14.7 Å². The molecule has 0 rings (SSSR count). The molecule has 0 saturated carbocycles. The standard InChI is InChI=1S/C5H8ClNO3/c1-3(6)2-4(10-7)5(8)9/h2,4H,7H2,1H3,(H,8,9)/b3-2+. The third kappa shape index (κ3) is 3.45. The van der Waals surface area contributed by atoms with Crippen LogP contribution in [0, 0.1) is 0 Å². The molecule has 1 atom stereocenters. The Balaban J connectivity index is 4.09. The van der Waals surface area contributed by atoms with Gasteiger partial charge in [-0.15, -0.1) is 0 Å². The van der Waals surface area contributed by atoms with Crippen molar-refractivity contribution in [1.29, 1.82) is 0 Å². The normalized spacial score (nSPS) is 14.9. The summed E-state index contributed by atoms with van der Waals surface area (Å²) in [6.07, 6.45) is 0.0432. The highest BCUT2D eigenvalue weighted by atomic mass is 35.5. The molecule has 0 aromatic carbocycles. The van der Waals surface area contributed by atoms with E-state index in [2.05, 4.69) is 10.7 Å². The van der Waals surface area contributed by atoms with Gasteiger partial charge in [-0.3, -0.25) is 4.84 Å². The molecule has 0 fully saturated rings. The number of hydrogen-bond acceptors (Lipinski definition) is 3. The van der Waals surface area contributed by atoms with Gasteiger partial charge < -0.3 is 5.11 Å². The third-order valence-corrected chi connectivity index (χ3v) is 0.897. The second-order valence-electron chi connectivity index (χ2n) is 1.65. The lowest BCUT2D eigenvalue weighted by molar-refractivity contribution is -0.147. The quantitative estimate of drug-likeness (QED) is 0.597. The molecule has 0 aromatic heterocycles. The van der Waals surface area contributed by atoms with E-state index in [-0.39, 0.29) is 0 Å². The van der Waals surface area contributed by atoms with Gasteiger partial charge in [0.2, 0.25) is 0 Å². The maximum atomic E-state index is 10.2. The van der Waals surface area contributed by atoms with Gasteiger partial charge in [-0.25, -0.2) is 10.7 Å². The second kappa shape index (κ2) is 4.27. The lowest BCUT2D eigenvalue weighted by atomic mass is 10.3. The van der Waals surface area contributed by atoms with Crippen LogP contribution in [0.15, 0.2) is 11.1 Å². The highest BCUT2D eigenvalue weighted by molar-refractivity contribution is 6.29. The summed E-state index contributed by atoms with van der Waals surface area (Å²) in [5.74, 6) is 3.47. The molecule has 1 unspecified atom stereocenters. The molecule has 0 heterocycles. The summed E-state index contributed by atoms with van der Waals surface area (Å²) in [6.45, 7) is 1.54. The number of carboxylic acid groups (broad SMARTS) is 1. The lowest BCUT2D eigenvalue weighted by Gasteiger charge is -2.02. The fourth-order valence-corrected chi connectivity index (χ4v) is 0.492. The minimum Gasteiger partial charge on any atom is -0.479 e. The van der Waals surface area contributed by atoms with Gasteiger partial charge in [0.15, 0.2) is 6.10 Å². The highest BCUT2D eigenvalue weighted by Gasteiger charge is 2.13. The number of hydrogen-bond donors (Lipinski definition) is 2. The van der Waals surface area contributed by atoms with Gasteiger partial charge in [0.1, 0.15) is 0 Å². The van der Waals surface area contributed by atoms with Crippen LogP contribution in [0.4, 0.5) is 0 Å². The summed E-state index contributed by atoms with van der Waals surface area (Å²) >= 11 is 5.36. The molecule has 0 amide bonds. The van der Waals surface area contributed by atoms with Crippen molar-refractivity contribution in [3.8, 4) is 0 Å². The maximum Gasteiger partial charge on any atom is 0.339 e. The first-order valence-corrected chi connectivity index (χ1v) is 2.88. The van der Waals surface area contributed by atoms with Crippen LogP contribution in [0.25, 0.3) is 0 Å². The molecular formula is C5H8ClNO3. The number of carbonyl (C=O) groups is 1. The van der Waals surface area contributed by atoms with Gasteiger partial charge >= 0.3 is 5.97 Å². The zero-order chi connectivity index (χ0) is 8.15. The van der Waals surface area contributed by atoms with Crippen molar-refractivity contribution in [2.24, 2.45) is 5.90 Å². The summed E-state index contributed by atoms with van der Waals surface area (Å²) < 4.78 is 0. The highest BCUT2D eigenvalue weighted by Crippen LogP contribution is 2.02. The van der Waals surface area contributed by atoms with E-state index in [0.29, 0.717) is 5.03 Å². The van der Waals surface area contributed by atoms with Gasteiger partial charge in [0.25, 0.3) is 0 Å². The largest absolute Gasteiger partial charge is 0.479 e. The molecule has 0 aliphatic rings. The van der Waals surface area contributed by atoms with E-state index in [1.54, 1.807) is 0 Å². The van der Waals surface area contributed by atoms with Crippen LogP contribution in [0.3, 0.4) is 0 Å². The van der Waals surface area contributed by atoms with Crippen LogP contribution in [-0.4, -0.2) is 17.2 Å². The van der Waals surface area contributed by atoms with E-state index >= 15 is 0 Å². The number of halogens is 1. The predicted octanol–water partition coefficient (Wildman–Crippen LogP) is 0.472. The molecule has 10 heavy (non-hydrogen) atoms. The van der Waals surface area contributed by atoms with Crippen LogP contribution in [0.5, 0.6) is 0 Å². The lowest BCUT2D eigenvalue weighted by Crippen LogP contribution is -2.24. The fourth-order valence-electron chi connectivity index (χ4n) is 0.377. The molecule has 0 aliphatic carbocycles. The molecular weight excluding hydrogens is 158 g/mol. The summed E-state index contributed by atoms with van der Waals surface area (Å²) in [4.78, 5) is 14.2. The van der Waals surface area contributed by atoms with Crippen molar-refractivity contribution in [2.45, 2.75) is 13.0 Å². The summed E-state index contributed by atoms with van der Waals surface area (Å²) in [6, 6.07) is 0. The fraction of sp³-hybridized carbons (Fsp3) is 0.400. The van der Waals surface area contributed by atoms with Crippen LogP contribution in [0.2, 0.25) is 0 Å². The van der Waals surface area contributed by atoms with Crippen LogP contribution in [0.1, 0.15) is 6.92 Å². The number of nitrogens with two attached hydrogens (primary N) is 1. The Kier molecular flexibility index (Phi) is 4.02. The number of rotatable bonds is 3. The molecule has 5 heteroatoms. The average Bonchev–Trinajstić information content (AvgIpc) is 1.81. The zero-order valence-corrected chi connectivity index (χ0v) is 6.13. The third-order valence-electron chi connectivity index (χ3n) is 0.771. The summed E-state index contributed by atoms with van der Waals surface area (Å²) in [7, 11) is 0. The summed E-state index contributed by atoms with van der Waals surface area (Å²) in [5.41, 5.74) is 0. The Morgan fingerprint density at radius 2 is 2.40 bits per heavy atom. The number of allylic oxidation sites excluding steroid dienone is 1. The van der Waals surface area contributed by atoms with E-state index in [9.17, 15) is 4.79 Å². The van der Waals surface area contributed by atoms with Crippen molar-refractivity contribution in [1.82, 2.24) is 0 Å². The topological polar surface area (TPSA) is 72.5 Å². The Labute approximate surface area is 63.2 Å². The second-order valence-corrected chi connectivity index (χ2v) is 2.24. The molecule has 0 bridgehead atoms. The van der Waals surface area contributed by atoms with Gasteiger partial charge in [-0.2, -0.15) is 0 Å². The Morgan fingerprint density at radius 3 is 2.50 bits per heavy atom. The Hall–Kier alpha value is -0.580. The van der Waals surface area contributed by atoms with Gasteiger partial charge in [-0.05, 0) is 13.0 Å². The predicted molar refractivity (Wildman–Crippen MR) is 36.3 cm³/mol. The maximum absolute atomic E-state index is 10.2. The average molecular weight is 166 g/mol. The van der Waals surface area contributed by atoms with Crippen molar-refractivity contribution in [2.75, 3.05) is 0 Å². The number of carboxylic acids is 1. The van der Waals surface area contributed by atoms with Crippen molar-refractivity contribution >= 4 is 17.6 Å². The monoisotopic (exact) mass is 165 g/mol. The SMILES string of the molecule is C/C(Cl)=C\C(ON)C(=O)O. The first-order valence-electron chi connectivity index (χ1n) is 2.50. The van der Waals surface area contributed by atoms with Gasteiger partial charge in [-0.1, -0.05) is 11.6 Å². The molecule has 58 valence electrons. The molecule has 0 aliphatic heterocycles. The van der Waals surface area contributed by atoms with E-state index in [1.807, 2.05) is 0 Å². The smallest absolute Gasteiger partial charge is 0.339 e. The van der Waals surface area contributed by atoms with Gasteiger partial charge in [0, 0.05) is 5.03 Å². The first-order chi connectivity index (χ1) is 4.57. The van der Waals surface area contributed by atoms with Crippen molar-refractivity contribution in [3.05, 3.63) is 11.1 Å². The molecule has 4 nitrogen and oxygen atoms in total. The van der Waals surface area contributed by atoms with E-state index < -0.39 is 12.1 Å². The summed E-state index contributed by atoms with van der Waals surface area (Å²) in [5, 5.41) is 8.65. The molecule has 0 aromatic rings. The Bertz CT molecular complexity index is 153. The molecule has 0 saturated heterocycles. The molecule has 0 spiro atoms. The van der Waals surface area contributed by atoms with Gasteiger partial charge in [0.05, 0.1) is 0 Å². The minimum atomic E-state index is -1.16. The van der Waals surface area contributed by atoms with Crippen molar-refractivity contribution in [3.63, 3.8) is 0 Å². The van der Waals surface area contributed by atoms with Crippen LogP contribution >= 0.6 is 11.6 Å². The first kappa shape index (κ1) is 9.42. The molecule has 3 N–H and O–H groups in total. The van der Waals surface area contributed by atoms with E-state index in [0.717, 1.165) is 0 Å². The number of aliphatic carboxylic acids is 1. The zero-order valence-electron chi connectivity index (χ0n) is 5.37. The molecule has 0 radical (unpaired) electrons. The van der Waals surface area contributed by atoms with E-state index in [1.165, 1.54) is 13.0 Å². The minimum absolute atomic E-state index is 0.331.